The minimum absolute atomic E-state index is 0.327. The second-order valence-electron chi connectivity index (χ2n) is 4.66. The highest BCUT2D eigenvalue weighted by molar-refractivity contribution is 9.10. The largest absolute Gasteiger partial charge is 0.453 e. The molecule has 0 amide bonds. The van der Waals surface area contributed by atoms with Crippen molar-refractivity contribution in [2.24, 2.45) is 5.73 Å². The van der Waals surface area contributed by atoms with E-state index >= 15 is 0 Å². The summed E-state index contributed by atoms with van der Waals surface area (Å²) in [5.41, 5.74) is 6.74. The summed E-state index contributed by atoms with van der Waals surface area (Å²) in [5.74, 6) is 1.52. The number of benzene rings is 1. The monoisotopic (exact) mass is 323 g/mol. The first-order valence-electron chi connectivity index (χ1n) is 6.30. The molecule has 2 rings (SSSR count). The van der Waals surface area contributed by atoms with Crippen molar-refractivity contribution in [2.75, 3.05) is 6.54 Å². The van der Waals surface area contributed by atoms with Crippen LogP contribution in [0, 0.1) is 0 Å². The van der Waals surface area contributed by atoms with Crippen molar-refractivity contribution in [3.8, 4) is 11.5 Å². The summed E-state index contributed by atoms with van der Waals surface area (Å²) in [5, 5.41) is 4.25. The molecule has 0 unspecified atom stereocenters. The fraction of sp³-hybridized carbons (Fsp3) is 0.357. The first-order valence-corrected chi connectivity index (χ1v) is 7.10. The molecular formula is C14H18BrN3O. The van der Waals surface area contributed by atoms with Crippen molar-refractivity contribution >= 4 is 15.9 Å². The molecule has 1 heterocycles. The van der Waals surface area contributed by atoms with Crippen molar-refractivity contribution in [1.29, 1.82) is 0 Å². The van der Waals surface area contributed by atoms with Gasteiger partial charge in [0.15, 0.2) is 5.75 Å². The Bertz CT molecular complexity index is 551. The highest BCUT2D eigenvalue weighted by Gasteiger charge is 2.07. The van der Waals surface area contributed by atoms with Crippen LogP contribution < -0.4 is 10.5 Å². The number of nitrogens with zero attached hydrogens (tertiary/aromatic N) is 2. The van der Waals surface area contributed by atoms with Gasteiger partial charge in [-0.3, -0.25) is 4.68 Å². The van der Waals surface area contributed by atoms with Gasteiger partial charge in [0.25, 0.3) is 0 Å². The van der Waals surface area contributed by atoms with Gasteiger partial charge >= 0.3 is 0 Å². The van der Waals surface area contributed by atoms with Crippen LogP contribution in [0.1, 0.15) is 25.5 Å². The Hall–Kier alpha value is -1.33. The van der Waals surface area contributed by atoms with Crippen LogP contribution in [0.5, 0.6) is 11.5 Å². The molecule has 0 spiro atoms. The molecule has 0 saturated carbocycles. The zero-order valence-corrected chi connectivity index (χ0v) is 12.7. The fourth-order valence-corrected chi connectivity index (χ4v) is 2.24. The van der Waals surface area contributed by atoms with Crippen molar-refractivity contribution in [3.63, 3.8) is 0 Å². The molecule has 1 aromatic carbocycles. The molecule has 4 nitrogen and oxygen atoms in total. The normalized spacial score (nSPS) is 11.0. The topological polar surface area (TPSA) is 53.1 Å². The molecular weight excluding hydrogens is 306 g/mol. The van der Waals surface area contributed by atoms with E-state index in [0.717, 1.165) is 22.4 Å². The Kier molecular flexibility index (Phi) is 4.61. The summed E-state index contributed by atoms with van der Waals surface area (Å²) >= 11 is 3.52. The van der Waals surface area contributed by atoms with Gasteiger partial charge in [0.05, 0.1) is 16.9 Å². The van der Waals surface area contributed by atoms with Gasteiger partial charge in [0.1, 0.15) is 5.75 Å². The summed E-state index contributed by atoms with van der Waals surface area (Å²) in [6.45, 7) is 4.80. The van der Waals surface area contributed by atoms with Gasteiger partial charge < -0.3 is 10.5 Å². The maximum atomic E-state index is 5.81. The molecule has 2 N–H and O–H groups in total. The minimum Gasteiger partial charge on any atom is -0.453 e. The number of rotatable bonds is 5. The standard InChI is InChI=1S/C14H18BrN3O/c1-10(2)18-9-12(8-17-18)19-14-4-3-11(5-6-16)7-13(14)15/h3-4,7-10H,5-6,16H2,1-2H3. The maximum absolute atomic E-state index is 5.81. The minimum atomic E-state index is 0.327. The van der Waals surface area contributed by atoms with Gasteiger partial charge in [-0.1, -0.05) is 6.07 Å². The average Bonchev–Trinajstić information content (AvgIpc) is 2.82. The van der Waals surface area contributed by atoms with Gasteiger partial charge in [-0.2, -0.15) is 5.10 Å². The summed E-state index contributed by atoms with van der Waals surface area (Å²) in [7, 11) is 0. The molecule has 5 heteroatoms. The molecule has 0 aliphatic heterocycles. The van der Waals surface area contributed by atoms with Crippen molar-refractivity contribution < 1.29 is 4.74 Å². The Labute approximate surface area is 121 Å². The predicted octanol–water partition coefficient (Wildman–Crippen LogP) is 3.52. The van der Waals surface area contributed by atoms with Crippen molar-refractivity contribution in [3.05, 3.63) is 40.6 Å². The zero-order valence-electron chi connectivity index (χ0n) is 11.1. The van der Waals surface area contributed by atoms with Gasteiger partial charge in [0.2, 0.25) is 0 Å². The number of nitrogens with two attached hydrogens (primary N) is 1. The molecule has 0 fully saturated rings. The number of hydrogen-bond acceptors (Lipinski definition) is 3. The Morgan fingerprint density at radius 2 is 2.21 bits per heavy atom. The molecule has 0 aliphatic rings. The predicted molar refractivity (Wildman–Crippen MR) is 79.6 cm³/mol. The van der Waals surface area contributed by atoms with Gasteiger partial charge in [-0.05, 0) is 60.4 Å². The van der Waals surface area contributed by atoms with E-state index in [0.29, 0.717) is 12.6 Å². The Balaban J connectivity index is 2.13. The summed E-state index contributed by atoms with van der Waals surface area (Å²) < 4.78 is 8.61. The fourth-order valence-electron chi connectivity index (χ4n) is 1.73. The SMILES string of the molecule is CC(C)n1cc(Oc2ccc(CCN)cc2Br)cn1. The van der Waals surface area contributed by atoms with Crippen LogP contribution in [0.4, 0.5) is 0 Å². The van der Waals surface area contributed by atoms with Gasteiger partial charge in [0, 0.05) is 6.04 Å². The van der Waals surface area contributed by atoms with Crippen LogP contribution in [0.2, 0.25) is 0 Å². The lowest BCUT2D eigenvalue weighted by atomic mass is 10.1. The third-order valence-corrected chi connectivity index (χ3v) is 3.38. The lowest BCUT2D eigenvalue weighted by molar-refractivity contribution is 0.474. The molecule has 0 saturated heterocycles. The number of ether oxygens (including phenoxy) is 1. The maximum Gasteiger partial charge on any atom is 0.165 e. The van der Waals surface area contributed by atoms with E-state index in [1.807, 2.05) is 29.1 Å². The first kappa shape index (κ1) is 14.1. The molecule has 19 heavy (non-hydrogen) atoms. The quantitative estimate of drug-likeness (QED) is 0.915. The Morgan fingerprint density at radius 1 is 1.42 bits per heavy atom. The number of halogens is 1. The van der Waals surface area contributed by atoms with Crippen LogP contribution in [0.25, 0.3) is 0 Å². The van der Waals surface area contributed by atoms with Crippen LogP contribution in [-0.2, 0) is 6.42 Å². The zero-order chi connectivity index (χ0) is 13.8. The van der Waals surface area contributed by atoms with Gasteiger partial charge in [-0.15, -0.1) is 0 Å². The molecule has 2 aromatic rings. The van der Waals surface area contributed by atoms with E-state index in [1.165, 1.54) is 5.56 Å². The summed E-state index contributed by atoms with van der Waals surface area (Å²) in [6, 6.07) is 6.34. The second kappa shape index (κ2) is 6.21. The number of hydrogen-bond donors (Lipinski definition) is 1. The average molecular weight is 324 g/mol. The van der Waals surface area contributed by atoms with E-state index in [1.54, 1.807) is 6.20 Å². The van der Waals surface area contributed by atoms with E-state index < -0.39 is 0 Å². The van der Waals surface area contributed by atoms with E-state index in [-0.39, 0.29) is 0 Å². The smallest absolute Gasteiger partial charge is 0.165 e. The third kappa shape index (κ3) is 3.58. The van der Waals surface area contributed by atoms with Crippen LogP contribution in [-0.4, -0.2) is 16.3 Å². The molecule has 0 bridgehead atoms. The third-order valence-electron chi connectivity index (χ3n) is 2.76. The Morgan fingerprint density at radius 3 is 2.79 bits per heavy atom. The lowest BCUT2D eigenvalue weighted by Crippen LogP contribution is -2.02. The molecule has 0 radical (unpaired) electrons. The lowest BCUT2D eigenvalue weighted by Gasteiger charge is -2.07. The molecule has 0 atom stereocenters. The van der Waals surface area contributed by atoms with Crippen molar-refractivity contribution in [2.45, 2.75) is 26.3 Å². The van der Waals surface area contributed by atoms with Crippen LogP contribution >= 0.6 is 15.9 Å². The molecule has 0 aliphatic carbocycles. The first-order chi connectivity index (χ1) is 9.10. The van der Waals surface area contributed by atoms with Crippen LogP contribution in [0.3, 0.4) is 0 Å². The highest BCUT2D eigenvalue weighted by Crippen LogP contribution is 2.30. The van der Waals surface area contributed by atoms with Gasteiger partial charge in [-0.25, -0.2) is 0 Å². The number of aromatic nitrogens is 2. The van der Waals surface area contributed by atoms with E-state index in [4.69, 9.17) is 10.5 Å². The molecule has 102 valence electrons. The molecule has 1 aromatic heterocycles. The van der Waals surface area contributed by atoms with E-state index in [9.17, 15) is 0 Å². The summed E-state index contributed by atoms with van der Waals surface area (Å²) in [6.07, 6.45) is 4.48. The van der Waals surface area contributed by atoms with Crippen molar-refractivity contribution in [1.82, 2.24) is 9.78 Å². The second-order valence-corrected chi connectivity index (χ2v) is 5.51. The highest BCUT2D eigenvalue weighted by atomic mass is 79.9. The van der Waals surface area contributed by atoms with E-state index in [2.05, 4.69) is 34.9 Å². The summed E-state index contributed by atoms with van der Waals surface area (Å²) in [4.78, 5) is 0. The van der Waals surface area contributed by atoms with Crippen LogP contribution in [0.15, 0.2) is 35.1 Å².